The quantitative estimate of drug-likeness (QED) is 0.619. The van der Waals surface area contributed by atoms with E-state index < -0.39 is 39.2 Å². The molecule has 2 unspecified atom stereocenters. The van der Waals surface area contributed by atoms with Gasteiger partial charge in [-0.1, -0.05) is 6.07 Å². The number of carboxylic acids is 1. The van der Waals surface area contributed by atoms with Crippen molar-refractivity contribution in [2.24, 2.45) is 5.73 Å². The normalized spacial score (nSPS) is 20.9. The summed E-state index contributed by atoms with van der Waals surface area (Å²) in [6, 6.07) is 9.00. The van der Waals surface area contributed by atoms with E-state index in [1.165, 1.54) is 36.4 Å². The molecule has 0 saturated carbocycles. The maximum Gasteiger partial charge on any atom is 0.339 e. The molecule has 1 aliphatic heterocycles. The number of carbonyl (C=O) groups is 2. The molecule has 9 nitrogen and oxygen atoms in total. The SMILES string of the molecule is COC1(C(=O)O)CN(C(N)=O)CCC1S(=O)(=O)c1ccc(OCc2cc(F)ccc2C)cc1. The summed E-state index contributed by atoms with van der Waals surface area (Å²) < 4.78 is 51.0. The molecule has 33 heavy (non-hydrogen) atoms. The van der Waals surface area contributed by atoms with E-state index in [1.54, 1.807) is 6.07 Å². The van der Waals surface area contributed by atoms with E-state index in [9.17, 15) is 27.5 Å². The van der Waals surface area contributed by atoms with Gasteiger partial charge in [-0.15, -0.1) is 0 Å². The van der Waals surface area contributed by atoms with Crippen LogP contribution in [-0.2, 0) is 26.0 Å². The Bertz CT molecular complexity index is 1150. The molecule has 2 aromatic carbocycles. The molecule has 1 saturated heterocycles. The van der Waals surface area contributed by atoms with Crippen LogP contribution in [-0.4, -0.2) is 61.5 Å². The third-order valence-electron chi connectivity index (χ3n) is 5.88. The van der Waals surface area contributed by atoms with Crippen molar-refractivity contribution < 1.29 is 37.0 Å². The number of halogens is 1. The lowest BCUT2D eigenvalue weighted by molar-refractivity contribution is -0.166. The van der Waals surface area contributed by atoms with E-state index in [0.29, 0.717) is 11.3 Å². The van der Waals surface area contributed by atoms with E-state index in [-0.39, 0.29) is 30.3 Å². The first-order valence-electron chi connectivity index (χ1n) is 10.1. The van der Waals surface area contributed by atoms with E-state index in [1.807, 2.05) is 6.92 Å². The van der Waals surface area contributed by atoms with Gasteiger partial charge in [-0.05, 0) is 60.9 Å². The van der Waals surface area contributed by atoms with Gasteiger partial charge in [0, 0.05) is 13.7 Å². The number of nitrogens with two attached hydrogens (primary N) is 1. The van der Waals surface area contributed by atoms with Crippen molar-refractivity contribution in [1.29, 1.82) is 0 Å². The third-order valence-corrected chi connectivity index (χ3v) is 8.17. The van der Waals surface area contributed by atoms with Crippen molar-refractivity contribution in [3.63, 3.8) is 0 Å². The Morgan fingerprint density at radius 3 is 2.48 bits per heavy atom. The van der Waals surface area contributed by atoms with Crippen LogP contribution >= 0.6 is 0 Å². The Morgan fingerprint density at radius 2 is 1.91 bits per heavy atom. The molecular weight excluding hydrogens is 455 g/mol. The first-order valence-corrected chi connectivity index (χ1v) is 11.6. The summed E-state index contributed by atoms with van der Waals surface area (Å²) in [5.41, 5.74) is 4.60. The summed E-state index contributed by atoms with van der Waals surface area (Å²) in [5.74, 6) is -1.53. The molecule has 1 aliphatic rings. The van der Waals surface area contributed by atoms with Gasteiger partial charge in [0.05, 0.1) is 11.4 Å². The van der Waals surface area contributed by atoms with Crippen molar-refractivity contribution in [3.05, 3.63) is 59.4 Å². The fourth-order valence-electron chi connectivity index (χ4n) is 3.90. The van der Waals surface area contributed by atoms with Gasteiger partial charge < -0.3 is 25.2 Å². The molecule has 0 radical (unpaired) electrons. The maximum absolute atomic E-state index is 13.4. The van der Waals surface area contributed by atoms with Crippen LogP contribution in [0.15, 0.2) is 47.4 Å². The van der Waals surface area contributed by atoms with Gasteiger partial charge in [-0.3, -0.25) is 0 Å². The number of benzene rings is 2. The van der Waals surface area contributed by atoms with Gasteiger partial charge in [-0.2, -0.15) is 0 Å². The average molecular weight is 481 g/mol. The predicted octanol–water partition coefficient (Wildman–Crippen LogP) is 2.11. The van der Waals surface area contributed by atoms with E-state index in [4.69, 9.17) is 15.2 Å². The molecule has 2 amide bonds. The molecule has 1 fully saturated rings. The zero-order valence-electron chi connectivity index (χ0n) is 18.2. The van der Waals surface area contributed by atoms with Crippen LogP contribution in [0, 0.1) is 12.7 Å². The Morgan fingerprint density at radius 1 is 1.24 bits per heavy atom. The van der Waals surface area contributed by atoms with Crippen LogP contribution in [0.25, 0.3) is 0 Å². The van der Waals surface area contributed by atoms with Crippen molar-refractivity contribution in [2.75, 3.05) is 20.2 Å². The Labute approximate surface area is 190 Å². The second-order valence-electron chi connectivity index (χ2n) is 7.81. The van der Waals surface area contributed by atoms with Crippen LogP contribution in [0.2, 0.25) is 0 Å². The van der Waals surface area contributed by atoms with Crippen LogP contribution in [0.4, 0.5) is 9.18 Å². The van der Waals surface area contributed by atoms with Gasteiger partial charge in [0.2, 0.25) is 0 Å². The summed E-state index contributed by atoms with van der Waals surface area (Å²) >= 11 is 0. The van der Waals surface area contributed by atoms with Crippen LogP contribution in [0.3, 0.4) is 0 Å². The number of carbonyl (C=O) groups excluding carboxylic acids is 1. The first kappa shape index (κ1) is 24.5. The fourth-order valence-corrected chi connectivity index (χ4v) is 5.93. The number of urea groups is 1. The minimum absolute atomic E-state index is 0.0220. The summed E-state index contributed by atoms with van der Waals surface area (Å²) in [7, 11) is -3.07. The topological polar surface area (TPSA) is 136 Å². The minimum atomic E-state index is -4.16. The van der Waals surface area contributed by atoms with Crippen molar-refractivity contribution in [3.8, 4) is 5.75 Å². The van der Waals surface area contributed by atoms with E-state index in [0.717, 1.165) is 17.6 Å². The number of aryl methyl sites for hydroxylation is 1. The molecule has 178 valence electrons. The number of ether oxygens (including phenoxy) is 2. The molecule has 3 rings (SSSR count). The average Bonchev–Trinajstić information content (AvgIpc) is 2.79. The summed E-state index contributed by atoms with van der Waals surface area (Å²) in [5, 5.41) is 8.38. The summed E-state index contributed by atoms with van der Waals surface area (Å²) in [6.45, 7) is 1.40. The number of hydrogen-bond donors (Lipinski definition) is 2. The highest BCUT2D eigenvalue weighted by atomic mass is 32.2. The lowest BCUT2D eigenvalue weighted by atomic mass is 9.92. The standard InChI is InChI=1S/C22H25FN2O7S/c1-14-3-4-16(23)11-15(14)12-32-17-5-7-18(8-6-17)33(29,30)19-9-10-25(21(24)28)13-22(19,31-2)20(26)27/h3-8,11,19H,9-10,12-13H2,1-2H3,(H2,24,28)(H,26,27). The zero-order valence-corrected chi connectivity index (χ0v) is 19.0. The van der Waals surface area contributed by atoms with E-state index >= 15 is 0 Å². The minimum Gasteiger partial charge on any atom is -0.489 e. The Balaban J connectivity index is 1.83. The number of carboxylic acid groups (broad SMARTS) is 1. The molecule has 2 atom stereocenters. The van der Waals surface area contributed by atoms with Gasteiger partial charge in [0.15, 0.2) is 15.4 Å². The number of nitrogens with zero attached hydrogens (tertiary/aromatic N) is 1. The molecule has 2 aromatic rings. The molecule has 0 spiro atoms. The highest BCUT2D eigenvalue weighted by Gasteiger charge is 2.56. The van der Waals surface area contributed by atoms with Crippen molar-refractivity contribution in [2.45, 2.75) is 35.7 Å². The number of likely N-dealkylation sites (tertiary alicyclic amines) is 1. The summed E-state index contributed by atoms with van der Waals surface area (Å²) in [6.07, 6.45) is -0.164. The van der Waals surface area contributed by atoms with Gasteiger partial charge in [0.1, 0.15) is 23.4 Å². The van der Waals surface area contributed by atoms with E-state index in [2.05, 4.69) is 0 Å². The first-order chi connectivity index (χ1) is 15.5. The third kappa shape index (κ3) is 4.79. The number of aliphatic carboxylic acids is 1. The maximum atomic E-state index is 13.4. The van der Waals surface area contributed by atoms with Crippen LogP contribution in [0.5, 0.6) is 5.75 Å². The molecule has 0 aliphatic carbocycles. The Hall–Kier alpha value is -3.18. The van der Waals surface area contributed by atoms with Gasteiger partial charge in [-0.25, -0.2) is 22.4 Å². The fraction of sp³-hybridized carbons (Fsp3) is 0.364. The van der Waals surface area contributed by atoms with Crippen molar-refractivity contribution in [1.82, 2.24) is 4.90 Å². The smallest absolute Gasteiger partial charge is 0.339 e. The molecule has 11 heteroatoms. The number of amides is 2. The monoisotopic (exact) mass is 480 g/mol. The molecule has 1 heterocycles. The molecule has 3 N–H and O–H groups in total. The van der Waals surface area contributed by atoms with Crippen molar-refractivity contribution >= 4 is 21.8 Å². The second kappa shape index (κ2) is 9.36. The predicted molar refractivity (Wildman–Crippen MR) is 116 cm³/mol. The second-order valence-corrected chi connectivity index (χ2v) is 9.94. The van der Waals surface area contributed by atoms with Crippen LogP contribution < -0.4 is 10.5 Å². The highest BCUT2D eigenvalue weighted by Crippen LogP contribution is 2.35. The Kier molecular flexibility index (Phi) is 6.94. The number of hydrogen-bond acceptors (Lipinski definition) is 6. The molecular formula is C22H25FN2O7S. The van der Waals surface area contributed by atoms with Gasteiger partial charge >= 0.3 is 12.0 Å². The number of rotatable bonds is 7. The highest BCUT2D eigenvalue weighted by molar-refractivity contribution is 7.92. The number of sulfone groups is 1. The lowest BCUT2D eigenvalue weighted by Crippen LogP contribution is -2.65. The lowest BCUT2D eigenvalue weighted by Gasteiger charge is -2.43. The number of piperidine rings is 1. The van der Waals surface area contributed by atoms with Gasteiger partial charge in [0.25, 0.3) is 0 Å². The van der Waals surface area contributed by atoms with Crippen LogP contribution in [0.1, 0.15) is 17.5 Å². The molecule has 0 bridgehead atoms. The molecule has 0 aromatic heterocycles. The largest absolute Gasteiger partial charge is 0.489 e. The zero-order chi connectivity index (χ0) is 24.4. The summed E-state index contributed by atoms with van der Waals surface area (Å²) in [4.78, 5) is 24.6. The number of methoxy groups -OCH3 is 1. The number of primary amides is 1.